The Morgan fingerprint density at radius 1 is 1.06 bits per heavy atom. The first kappa shape index (κ1) is 22.0. The van der Waals surface area contributed by atoms with Crippen LogP contribution in [0, 0.1) is 13.8 Å². The van der Waals surface area contributed by atoms with E-state index in [-0.39, 0.29) is 35.9 Å². The number of pyridine rings is 1. The van der Waals surface area contributed by atoms with Crippen molar-refractivity contribution in [3.05, 3.63) is 65.0 Å². The van der Waals surface area contributed by atoms with Gasteiger partial charge in [-0.25, -0.2) is 4.98 Å². The fourth-order valence-electron chi connectivity index (χ4n) is 2.85. The van der Waals surface area contributed by atoms with E-state index in [1.165, 1.54) is 19.1 Å². The lowest BCUT2D eigenvalue weighted by atomic mass is 10.0. The van der Waals surface area contributed by atoms with Crippen LogP contribution in [0.15, 0.2) is 47.0 Å². The summed E-state index contributed by atoms with van der Waals surface area (Å²) in [6.45, 7) is 3.35. The van der Waals surface area contributed by atoms with Crippen LogP contribution in [0.25, 0.3) is 11.3 Å². The van der Waals surface area contributed by atoms with Gasteiger partial charge in [-0.2, -0.15) is 13.2 Å². The standard InChI is InChI=1S/C21H19F3N4O3/c1-12-4-3-5-16(26-12)27-17(29)10-11-25-20(30)18-13(2)31-28-19(18)14-6-8-15(9-7-14)21(22,23)24/h3-9H,10-11H2,1-2H3,(H,25,30)(H,26,27,29). The molecule has 0 aliphatic rings. The van der Waals surface area contributed by atoms with E-state index in [0.717, 1.165) is 17.8 Å². The van der Waals surface area contributed by atoms with Gasteiger partial charge in [-0.3, -0.25) is 9.59 Å². The van der Waals surface area contributed by atoms with Gasteiger partial charge in [0.2, 0.25) is 5.91 Å². The number of carbonyl (C=O) groups excluding carboxylic acids is 2. The van der Waals surface area contributed by atoms with Gasteiger partial charge in [-0.15, -0.1) is 0 Å². The fraction of sp³-hybridized carbons (Fsp3) is 0.238. The molecule has 0 saturated heterocycles. The van der Waals surface area contributed by atoms with E-state index in [4.69, 9.17) is 4.52 Å². The highest BCUT2D eigenvalue weighted by atomic mass is 19.4. The summed E-state index contributed by atoms with van der Waals surface area (Å²) in [5, 5.41) is 9.03. The number of halogens is 3. The zero-order valence-corrected chi connectivity index (χ0v) is 16.7. The third-order valence-corrected chi connectivity index (χ3v) is 4.37. The van der Waals surface area contributed by atoms with Crippen molar-refractivity contribution >= 4 is 17.6 Å². The Kier molecular flexibility index (Phi) is 6.38. The number of alkyl halides is 3. The Labute approximate surface area is 175 Å². The summed E-state index contributed by atoms with van der Waals surface area (Å²) in [4.78, 5) is 28.8. The second-order valence-corrected chi connectivity index (χ2v) is 6.76. The Morgan fingerprint density at radius 2 is 1.77 bits per heavy atom. The maximum Gasteiger partial charge on any atom is 0.416 e. The summed E-state index contributed by atoms with van der Waals surface area (Å²) in [7, 11) is 0. The topological polar surface area (TPSA) is 97.1 Å². The van der Waals surface area contributed by atoms with Gasteiger partial charge in [-0.1, -0.05) is 23.4 Å². The molecule has 3 aromatic rings. The molecule has 7 nitrogen and oxygen atoms in total. The first-order valence-electron chi connectivity index (χ1n) is 9.31. The summed E-state index contributed by atoms with van der Waals surface area (Å²) in [6, 6.07) is 9.47. The van der Waals surface area contributed by atoms with E-state index in [0.29, 0.717) is 11.4 Å². The number of anilines is 1. The van der Waals surface area contributed by atoms with Crippen LogP contribution in [0.4, 0.5) is 19.0 Å². The largest absolute Gasteiger partial charge is 0.416 e. The molecule has 0 aliphatic heterocycles. The summed E-state index contributed by atoms with van der Waals surface area (Å²) >= 11 is 0. The zero-order valence-electron chi connectivity index (χ0n) is 16.7. The van der Waals surface area contributed by atoms with Crippen LogP contribution >= 0.6 is 0 Å². The van der Waals surface area contributed by atoms with Crippen LogP contribution < -0.4 is 10.6 Å². The van der Waals surface area contributed by atoms with E-state index >= 15 is 0 Å². The van der Waals surface area contributed by atoms with Crippen LogP contribution in [-0.2, 0) is 11.0 Å². The SMILES string of the molecule is Cc1cccc(NC(=O)CCNC(=O)c2c(-c3ccc(C(F)(F)F)cc3)noc2C)n1. The van der Waals surface area contributed by atoms with Crippen molar-refractivity contribution in [2.45, 2.75) is 26.4 Å². The highest BCUT2D eigenvalue weighted by Crippen LogP contribution is 2.32. The van der Waals surface area contributed by atoms with E-state index in [2.05, 4.69) is 20.8 Å². The molecule has 0 unspecified atom stereocenters. The lowest BCUT2D eigenvalue weighted by Crippen LogP contribution is -2.28. The van der Waals surface area contributed by atoms with Gasteiger partial charge < -0.3 is 15.2 Å². The Balaban J connectivity index is 1.63. The first-order chi connectivity index (χ1) is 14.6. The van der Waals surface area contributed by atoms with Crippen molar-refractivity contribution in [1.82, 2.24) is 15.5 Å². The lowest BCUT2D eigenvalue weighted by molar-refractivity contribution is -0.137. The molecule has 10 heteroatoms. The second-order valence-electron chi connectivity index (χ2n) is 6.76. The highest BCUT2D eigenvalue weighted by molar-refractivity contribution is 6.01. The summed E-state index contributed by atoms with van der Waals surface area (Å²) in [5.41, 5.74) is 0.470. The fourth-order valence-corrected chi connectivity index (χ4v) is 2.85. The minimum atomic E-state index is -4.47. The molecule has 0 fully saturated rings. The van der Waals surface area contributed by atoms with Gasteiger partial charge in [0.25, 0.3) is 5.91 Å². The second kappa shape index (κ2) is 8.99. The number of benzene rings is 1. The summed E-state index contributed by atoms with van der Waals surface area (Å²) in [5.74, 6) is -0.255. The lowest BCUT2D eigenvalue weighted by Gasteiger charge is -2.08. The molecule has 0 aliphatic carbocycles. The van der Waals surface area contributed by atoms with E-state index in [1.807, 2.05) is 0 Å². The van der Waals surface area contributed by atoms with Gasteiger partial charge >= 0.3 is 6.18 Å². The van der Waals surface area contributed by atoms with Crippen molar-refractivity contribution in [3.63, 3.8) is 0 Å². The van der Waals surface area contributed by atoms with Crippen molar-refractivity contribution < 1.29 is 27.3 Å². The predicted molar refractivity (Wildman–Crippen MR) is 106 cm³/mol. The molecular weight excluding hydrogens is 413 g/mol. The quantitative estimate of drug-likeness (QED) is 0.611. The Morgan fingerprint density at radius 3 is 2.42 bits per heavy atom. The first-order valence-corrected chi connectivity index (χ1v) is 9.31. The monoisotopic (exact) mass is 432 g/mol. The molecule has 2 heterocycles. The number of rotatable bonds is 6. The van der Waals surface area contributed by atoms with Crippen LogP contribution in [0.1, 0.15) is 33.8 Å². The third kappa shape index (κ3) is 5.47. The number of nitrogens with one attached hydrogen (secondary N) is 2. The minimum Gasteiger partial charge on any atom is -0.360 e. The van der Waals surface area contributed by atoms with E-state index in [9.17, 15) is 22.8 Å². The number of aryl methyl sites for hydroxylation is 2. The minimum absolute atomic E-state index is 0.00129. The normalized spacial score (nSPS) is 11.3. The number of hydrogen-bond donors (Lipinski definition) is 2. The molecule has 3 rings (SSSR count). The molecule has 0 spiro atoms. The van der Waals surface area contributed by atoms with Crippen LogP contribution in [-0.4, -0.2) is 28.5 Å². The van der Waals surface area contributed by atoms with E-state index in [1.54, 1.807) is 25.1 Å². The average molecular weight is 432 g/mol. The smallest absolute Gasteiger partial charge is 0.360 e. The number of amides is 2. The van der Waals surface area contributed by atoms with Gasteiger partial charge in [0.15, 0.2) is 0 Å². The van der Waals surface area contributed by atoms with Crippen molar-refractivity contribution in [2.24, 2.45) is 0 Å². The molecular formula is C21H19F3N4O3. The maximum atomic E-state index is 12.8. The van der Waals surface area contributed by atoms with Crippen LogP contribution in [0.2, 0.25) is 0 Å². The summed E-state index contributed by atoms with van der Waals surface area (Å²) in [6.07, 6.45) is -4.46. The van der Waals surface area contributed by atoms with Gasteiger partial charge in [-0.05, 0) is 38.1 Å². The van der Waals surface area contributed by atoms with Crippen molar-refractivity contribution in [3.8, 4) is 11.3 Å². The molecule has 2 amide bonds. The Bertz CT molecular complexity index is 1090. The molecule has 2 N–H and O–H groups in total. The zero-order chi connectivity index (χ0) is 22.6. The highest BCUT2D eigenvalue weighted by Gasteiger charge is 2.30. The molecule has 0 saturated carbocycles. The number of aromatic nitrogens is 2. The maximum absolute atomic E-state index is 12.8. The third-order valence-electron chi connectivity index (χ3n) is 4.37. The van der Waals surface area contributed by atoms with Crippen molar-refractivity contribution in [2.75, 3.05) is 11.9 Å². The Hall–Kier alpha value is -3.69. The molecule has 162 valence electrons. The van der Waals surface area contributed by atoms with E-state index < -0.39 is 17.6 Å². The number of hydrogen-bond acceptors (Lipinski definition) is 5. The van der Waals surface area contributed by atoms with Crippen LogP contribution in [0.3, 0.4) is 0 Å². The van der Waals surface area contributed by atoms with Gasteiger partial charge in [0.05, 0.1) is 5.56 Å². The molecule has 2 aromatic heterocycles. The molecule has 31 heavy (non-hydrogen) atoms. The van der Waals surface area contributed by atoms with Gasteiger partial charge in [0.1, 0.15) is 22.8 Å². The average Bonchev–Trinajstić information content (AvgIpc) is 3.09. The molecule has 0 bridgehead atoms. The number of carbonyl (C=O) groups is 2. The van der Waals surface area contributed by atoms with Crippen LogP contribution in [0.5, 0.6) is 0 Å². The molecule has 0 atom stereocenters. The summed E-state index contributed by atoms with van der Waals surface area (Å²) < 4.78 is 43.3. The van der Waals surface area contributed by atoms with Crippen molar-refractivity contribution in [1.29, 1.82) is 0 Å². The molecule has 1 aromatic carbocycles. The predicted octanol–water partition coefficient (Wildman–Crippen LogP) is 4.13. The van der Waals surface area contributed by atoms with Gasteiger partial charge in [0, 0.05) is 24.2 Å². The molecule has 0 radical (unpaired) electrons. The number of nitrogens with zero attached hydrogens (tertiary/aromatic N) is 2.